The van der Waals surface area contributed by atoms with Gasteiger partial charge in [-0.15, -0.1) is 0 Å². The molecule has 0 aliphatic rings. The van der Waals surface area contributed by atoms with E-state index in [-0.39, 0.29) is 12.1 Å². The van der Waals surface area contributed by atoms with Crippen LogP contribution in [0.4, 0.5) is 0 Å². The van der Waals surface area contributed by atoms with Crippen molar-refractivity contribution in [2.75, 3.05) is 6.61 Å². The van der Waals surface area contributed by atoms with Crippen molar-refractivity contribution in [1.82, 2.24) is 9.78 Å². The van der Waals surface area contributed by atoms with Crippen molar-refractivity contribution in [3.05, 3.63) is 41.6 Å². The van der Waals surface area contributed by atoms with Gasteiger partial charge < -0.3 is 14.9 Å². The highest BCUT2D eigenvalue weighted by molar-refractivity contribution is 5.88. The second kappa shape index (κ2) is 5.92. The maximum Gasteiger partial charge on any atom is 0.341 e. The first-order valence-electron chi connectivity index (χ1n) is 6.56. The fraction of sp³-hybridized carbons (Fsp3) is 0.429. The molecule has 108 valence electrons. The van der Waals surface area contributed by atoms with E-state index in [1.165, 1.54) is 6.20 Å². The molecule has 0 amide bonds. The Kier molecular flexibility index (Phi) is 4.24. The van der Waals surface area contributed by atoms with Crippen molar-refractivity contribution in [2.45, 2.75) is 32.9 Å². The smallest absolute Gasteiger partial charge is 0.341 e. The number of ether oxygens (including phenoxy) is 1. The molecule has 2 N–H and O–H groups in total. The minimum absolute atomic E-state index is 0.213. The van der Waals surface area contributed by atoms with Gasteiger partial charge in [0.25, 0.3) is 0 Å². The Labute approximate surface area is 117 Å². The number of furan rings is 1. The van der Waals surface area contributed by atoms with Gasteiger partial charge in [-0.05, 0) is 32.9 Å². The summed E-state index contributed by atoms with van der Waals surface area (Å²) in [6.07, 6.45) is 3.10. The molecule has 2 atom stereocenters. The number of aromatic nitrogens is 2. The maximum absolute atomic E-state index is 11.7. The fourth-order valence-corrected chi connectivity index (χ4v) is 2.05. The summed E-state index contributed by atoms with van der Waals surface area (Å²) in [6, 6.07) is 3.28. The molecule has 0 fully saturated rings. The first kappa shape index (κ1) is 14.3. The number of nitrogens with zero attached hydrogens (tertiary/aromatic N) is 2. The predicted molar refractivity (Wildman–Crippen MR) is 73.4 cm³/mol. The highest BCUT2D eigenvalue weighted by atomic mass is 16.5. The van der Waals surface area contributed by atoms with Gasteiger partial charge in [-0.2, -0.15) is 5.10 Å². The highest BCUT2D eigenvalue weighted by Gasteiger charge is 2.23. The van der Waals surface area contributed by atoms with Crippen molar-refractivity contribution >= 4 is 5.97 Å². The Morgan fingerprint density at radius 2 is 2.30 bits per heavy atom. The highest BCUT2D eigenvalue weighted by Crippen LogP contribution is 2.23. The number of esters is 1. The number of aryl methyl sites for hydroxylation is 1. The van der Waals surface area contributed by atoms with Crippen LogP contribution in [0, 0.1) is 6.92 Å². The molecule has 0 aliphatic carbocycles. The van der Waals surface area contributed by atoms with Crippen LogP contribution < -0.4 is 5.73 Å². The zero-order chi connectivity index (χ0) is 14.7. The Morgan fingerprint density at radius 3 is 2.85 bits per heavy atom. The van der Waals surface area contributed by atoms with Gasteiger partial charge in [0.2, 0.25) is 0 Å². The average Bonchev–Trinajstić information content (AvgIpc) is 3.00. The Balaban J connectivity index is 2.29. The third-order valence-electron chi connectivity index (χ3n) is 2.95. The molecule has 0 spiro atoms. The van der Waals surface area contributed by atoms with Crippen LogP contribution in [-0.2, 0) is 4.74 Å². The lowest BCUT2D eigenvalue weighted by Gasteiger charge is -2.19. The van der Waals surface area contributed by atoms with Crippen molar-refractivity contribution in [1.29, 1.82) is 0 Å². The summed E-state index contributed by atoms with van der Waals surface area (Å²) in [7, 11) is 0. The second-order valence-corrected chi connectivity index (χ2v) is 4.68. The molecule has 0 saturated carbocycles. The molecule has 2 aromatic rings. The first-order valence-corrected chi connectivity index (χ1v) is 6.56. The Bertz CT molecular complexity index is 586. The summed E-state index contributed by atoms with van der Waals surface area (Å²) in [5.41, 5.74) is 6.42. The molecule has 0 aliphatic heterocycles. The number of rotatable bonds is 5. The van der Waals surface area contributed by atoms with Crippen LogP contribution in [0.3, 0.4) is 0 Å². The quantitative estimate of drug-likeness (QED) is 0.844. The standard InChI is InChI=1S/C14H19N3O3/c1-4-19-14(18)11-7-16-17(8-11)13(10(3)15)12-6-5-9(2)20-12/h5-8,10,13H,4,15H2,1-3H3. The van der Waals surface area contributed by atoms with E-state index in [2.05, 4.69) is 5.10 Å². The van der Waals surface area contributed by atoms with Gasteiger partial charge in [0, 0.05) is 12.2 Å². The molecule has 2 rings (SSSR count). The van der Waals surface area contributed by atoms with Gasteiger partial charge in [0.1, 0.15) is 17.6 Å². The molecular formula is C14H19N3O3. The normalized spacial score (nSPS) is 14.0. The lowest BCUT2D eigenvalue weighted by molar-refractivity contribution is 0.0526. The number of hydrogen-bond acceptors (Lipinski definition) is 5. The van der Waals surface area contributed by atoms with E-state index >= 15 is 0 Å². The van der Waals surface area contributed by atoms with E-state index in [4.69, 9.17) is 14.9 Å². The molecule has 0 aromatic carbocycles. The van der Waals surface area contributed by atoms with Gasteiger partial charge in [0.15, 0.2) is 0 Å². The molecule has 2 aromatic heterocycles. The zero-order valence-corrected chi connectivity index (χ0v) is 11.9. The van der Waals surface area contributed by atoms with Gasteiger partial charge in [-0.3, -0.25) is 4.68 Å². The molecule has 2 unspecified atom stereocenters. The van der Waals surface area contributed by atoms with Crippen LogP contribution in [-0.4, -0.2) is 28.4 Å². The Morgan fingerprint density at radius 1 is 1.55 bits per heavy atom. The number of nitrogens with two attached hydrogens (primary N) is 1. The predicted octanol–water partition coefficient (Wildman–Crippen LogP) is 1.90. The SMILES string of the molecule is CCOC(=O)c1cnn(C(c2ccc(C)o2)C(C)N)c1. The largest absolute Gasteiger partial charge is 0.464 e. The summed E-state index contributed by atoms with van der Waals surface area (Å²) in [5.74, 6) is 1.14. The number of hydrogen-bond donors (Lipinski definition) is 1. The summed E-state index contributed by atoms with van der Waals surface area (Å²) in [6.45, 7) is 5.83. The van der Waals surface area contributed by atoms with Crippen LogP contribution in [0.1, 0.15) is 41.8 Å². The molecule has 20 heavy (non-hydrogen) atoms. The van der Waals surface area contributed by atoms with E-state index in [0.717, 1.165) is 11.5 Å². The van der Waals surface area contributed by atoms with Crippen LogP contribution in [0.25, 0.3) is 0 Å². The maximum atomic E-state index is 11.7. The molecule has 0 bridgehead atoms. The molecule has 6 heteroatoms. The lowest BCUT2D eigenvalue weighted by Crippen LogP contribution is -2.30. The van der Waals surface area contributed by atoms with E-state index in [9.17, 15) is 4.79 Å². The van der Waals surface area contributed by atoms with Gasteiger partial charge in [-0.1, -0.05) is 0 Å². The van der Waals surface area contributed by atoms with Crippen molar-refractivity contribution < 1.29 is 13.9 Å². The zero-order valence-electron chi connectivity index (χ0n) is 11.9. The van der Waals surface area contributed by atoms with E-state index < -0.39 is 5.97 Å². The van der Waals surface area contributed by atoms with E-state index in [1.54, 1.807) is 17.8 Å². The van der Waals surface area contributed by atoms with Crippen molar-refractivity contribution in [2.24, 2.45) is 5.73 Å². The summed E-state index contributed by atoms with van der Waals surface area (Å²) < 4.78 is 12.2. The third-order valence-corrected chi connectivity index (χ3v) is 2.95. The summed E-state index contributed by atoms with van der Waals surface area (Å²) in [4.78, 5) is 11.7. The number of carbonyl (C=O) groups excluding carboxylic acids is 1. The summed E-state index contributed by atoms with van der Waals surface area (Å²) in [5, 5.41) is 4.20. The molecule has 0 saturated heterocycles. The second-order valence-electron chi connectivity index (χ2n) is 4.68. The molecule has 2 heterocycles. The van der Waals surface area contributed by atoms with Crippen LogP contribution >= 0.6 is 0 Å². The summed E-state index contributed by atoms with van der Waals surface area (Å²) >= 11 is 0. The molecule has 0 radical (unpaired) electrons. The van der Waals surface area contributed by atoms with Crippen molar-refractivity contribution in [3.8, 4) is 0 Å². The van der Waals surface area contributed by atoms with Crippen LogP contribution in [0.5, 0.6) is 0 Å². The van der Waals surface area contributed by atoms with Gasteiger partial charge in [-0.25, -0.2) is 4.79 Å². The van der Waals surface area contributed by atoms with E-state index in [0.29, 0.717) is 12.2 Å². The average molecular weight is 277 g/mol. The Hall–Kier alpha value is -2.08. The monoisotopic (exact) mass is 277 g/mol. The molecule has 6 nitrogen and oxygen atoms in total. The first-order chi connectivity index (χ1) is 9.52. The van der Waals surface area contributed by atoms with Gasteiger partial charge in [0.05, 0.1) is 18.4 Å². The van der Waals surface area contributed by atoms with Crippen LogP contribution in [0.2, 0.25) is 0 Å². The topological polar surface area (TPSA) is 83.3 Å². The lowest BCUT2D eigenvalue weighted by atomic mass is 10.1. The fourth-order valence-electron chi connectivity index (χ4n) is 2.05. The third kappa shape index (κ3) is 2.91. The molecular weight excluding hydrogens is 258 g/mol. The number of carbonyl (C=O) groups is 1. The minimum atomic E-state index is -0.391. The van der Waals surface area contributed by atoms with Crippen molar-refractivity contribution in [3.63, 3.8) is 0 Å². The van der Waals surface area contributed by atoms with Gasteiger partial charge >= 0.3 is 5.97 Å². The minimum Gasteiger partial charge on any atom is -0.464 e. The van der Waals surface area contributed by atoms with Crippen LogP contribution in [0.15, 0.2) is 28.9 Å². The van der Waals surface area contributed by atoms with E-state index in [1.807, 2.05) is 26.0 Å².